The molecule has 1 saturated heterocycles. The normalized spacial score (nSPS) is 19.5. The van der Waals surface area contributed by atoms with Crippen LogP contribution in [-0.2, 0) is 4.74 Å². The number of aryl methyl sites for hydroxylation is 2. The molecule has 118 valence electrons. The van der Waals surface area contributed by atoms with Gasteiger partial charge in [0.1, 0.15) is 0 Å². The van der Waals surface area contributed by atoms with Gasteiger partial charge in [-0.15, -0.1) is 6.58 Å². The highest BCUT2D eigenvalue weighted by atomic mass is 16.5. The number of amidine groups is 1. The summed E-state index contributed by atoms with van der Waals surface area (Å²) in [5.41, 5.74) is 4.38. The van der Waals surface area contributed by atoms with Crippen molar-refractivity contribution in [3.8, 4) is 0 Å². The minimum absolute atomic E-state index is 0.188. The molecule has 1 unspecified atom stereocenters. The van der Waals surface area contributed by atoms with Crippen LogP contribution in [0.4, 0.5) is 11.4 Å². The van der Waals surface area contributed by atoms with Crippen LogP contribution < -0.4 is 4.90 Å². The molecule has 2 aromatic rings. The first-order chi connectivity index (χ1) is 11.2. The Morgan fingerprint density at radius 1 is 1.09 bits per heavy atom. The molecule has 1 fully saturated rings. The van der Waals surface area contributed by atoms with Crippen molar-refractivity contribution < 1.29 is 4.74 Å². The third-order valence-electron chi connectivity index (χ3n) is 4.16. The average Bonchev–Trinajstić information content (AvgIpc) is 2.57. The first-order valence-corrected chi connectivity index (χ1v) is 7.95. The number of nitrogens with zero attached hydrogens (tertiary/aromatic N) is 2. The van der Waals surface area contributed by atoms with Gasteiger partial charge in [0.2, 0.25) is 0 Å². The molecule has 0 bridgehead atoms. The smallest absolute Gasteiger partial charge is 0.297 e. The number of para-hydroxylation sites is 2. The number of aliphatic imine (C=N–C) groups is 1. The highest BCUT2D eigenvalue weighted by molar-refractivity contribution is 5.95. The third kappa shape index (κ3) is 3.14. The number of anilines is 1. The summed E-state index contributed by atoms with van der Waals surface area (Å²) < 4.78 is 5.92. The molecule has 3 heteroatoms. The van der Waals surface area contributed by atoms with Crippen molar-refractivity contribution >= 4 is 17.4 Å². The predicted octanol–water partition coefficient (Wildman–Crippen LogP) is 4.77. The molecule has 0 radical (unpaired) electrons. The lowest BCUT2D eigenvalue weighted by Crippen LogP contribution is -2.46. The molecule has 3 nitrogen and oxygen atoms in total. The highest BCUT2D eigenvalue weighted by Crippen LogP contribution is 2.29. The summed E-state index contributed by atoms with van der Waals surface area (Å²) in [6.07, 6.45) is 2.88. The third-order valence-corrected chi connectivity index (χ3v) is 4.16. The van der Waals surface area contributed by atoms with E-state index in [9.17, 15) is 0 Å². The van der Waals surface area contributed by atoms with Crippen molar-refractivity contribution in [1.82, 2.24) is 0 Å². The second-order valence-electron chi connectivity index (χ2n) is 5.78. The van der Waals surface area contributed by atoms with Crippen molar-refractivity contribution in [2.24, 2.45) is 4.99 Å². The van der Waals surface area contributed by atoms with Crippen LogP contribution in [0.2, 0.25) is 0 Å². The van der Waals surface area contributed by atoms with E-state index in [4.69, 9.17) is 9.73 Å². The predicted molar refractivity (Wildman–Crippen MR) is 96.5 cm³/mol. The second-order valence-corrected chi connectivity index (χ2v) is 5.78. The molecule has 2 aromatic carbocycles. The zero-order valence-corrected chi connectivity index (χ0v) is 13.7. The summed E-state index contributed by atoms with van der Waals surface area (Å²) in [6.45, 7) is 8.82. The van der Waals surface area contributed by atoms with Gasteiger partial charge in [-0.25, -0.2) is 0 Å². The fourth-order valence-electron chi connectivity index (χ4n) is 2.83. The van der Waals surface area contributed by atoms with Gasteiger partial charge in [0.25, 0.3) is 6.02 Å². The van der Waals surface area contributed by atoms with Gasteiger partial charge in [-0.2, -0.15) is 4.99 Å². The van der Waals surface area contributed by atoms with Gasteiger partial charge in [-0.05, 0) is 37.1 Å². The summed E-state index contributed by atoms with van der Waals surface area (Å²) in [7, 11) is 0. The van der Waals surface area contributed by atoms with Crippen LogP contribution in [0.15, 0.2) is 66.2 Å². The Balaban J connectivity index is 2.08. The molecule has 0 amide bonds. The molecular formula is C20H22N2O. The van der Waals surface area contributed by atoms with Crippen LogP contribution in [0.25, 0.3) is 0 Å². The van der Waals surface area contributed by atoms with Crippen molar-refractivity contribution in [3.63, 3.8) is 0 Å². The summed E-state index contributed by atoms with van der Waals surface area (Å²) in [4.78, 5) is 6.94. The Kier molecular flexibility index (Phi) is 4.47. The van der Waals surface area contributed by atoms with Crippen LogP contribution in [0, 0.1) is 13.8 Å². The fourth-order valence-corrected chi connectivity index (χ4v) is 2.83. The summed E-state index contributed by atoms with van der Waals surface area (Å²) in [5, 5.41) is 0. The molecule has 1 heterocycles. The monoisotopic (exact) mass is 306 g/mol. The molecule has 0 spiro atoms. The van der Waals surface area contributed by atoms with Crippen LogP contribution in [-0.4, -0.2) is 18.7 Å². The van der Waals surface area contributed by atoms with Crippen LogP contribution in [0.5, 0.6) is 0 Å². The van der Waals surface area contributed by atoms with E-state index in [-0.39, 0.29) is 6.04 Å². The molecule has 0 aromatic heterocycles. The maximum atomic E-state index is 5.92. The second kappa shape index (κ2) is 6.69. The number of ether oxygens (including phenoxy) is 1. The Morgan fingerprint density at radius 3 is 2.48 bits per heavy atom. The summed E-state index contributed by atoms with van der Waals surface area (Å²) >= 11 is 0. The number of hydrogen-bond donors (Lipinski definition) is 0. The summed E-state index contributed by atoms with van der Waals surface area (Å²) in [5.74, 6) is 0. The Bertz CT molecular complexity index is 736. The van der Waals surface area contributed by atoms with E-state index < -0.39 is 0 Å². The zero-order valence-electron chi connectivity index (χ0n) is 13.7. The number of hydrogen-bond acceptors (Lipinski definition) is 2. The van der Waals surface area contributed by atoms with E-state index in [1.54, 1.807) is 0 Å². The number of benzene rings is 2. The Hall–Kier alpha value is -2.55. The minimum Gasteiger partial charge on any atom is -0.465 e. The van der Waals surface area contributed by atoms with Gasteiger partial charge >= 0.3 is 0 Å². The SMILES string of the molecule is C=CC1CCOC(=Nc2ccccc2C)N1c1ccccc1C. The quantitative estimate of drug-likeness (QED) is 0.763. The number of rotatable bonds is 3. The lowest BCUT2D eigenvalue weighted by Gasteiger charge is -2.36. The van der Waals surface area contributed by atoms with E-state index in [1.807, 2.05) is 36.4 Å². The molecule has 3 rings (SSSR count). The van der Waals surface area contributed by atoms with Gasteiger partial charge < -0.3 is 4.74 Å². The molecule has 0 aliphatic carbocycles. The molecule has 1 aliphatic rings. The van der Waals surface area contributed by atoms with Crippen molar-refractivity contribution in [1.29, 1.82) is 0 Å². The summed E-state index contributed by atoms with van der Waals surface area (Å²) in [6, 6.07) is 17.2. The van der Waals surface area contributed by atoms with E-state index in [0.717, 1.165) is 23.4 Å². The lowest BCUT2D eigenvalue weighted by atomic mass is 10.1. The van der Waals surface area contributed by atoms with E-state index >= 15 is 0 Å². The zero-order chi connectivity index (χ0) is 16.2. The van der Waals surface area contributed by atoms with Crippen molar-refractivity contribution in [3.05, 3.63) is 72.3 Å². The van der Waals surface area contributed by atoms with Crippen LogP contribution >= 0.6 is 0 Å². The van der Waals surface area contributed by atoms with Crippen molar-refractivity contribution in [2.75, 3.05) is 11.5 Å². The van der Waals surface area contributed by atoms with Crippen LogP contribution in [0.3, 0.4) is 0 Å². The maximum absolute atomic E-state index is 5.92. The first-order valence-electron chi connectivity index (χ1n) is 7.95. The Morgan fingerprint density at radius 2 is 1.78 bits per heavy atom. The molecule has 1 atom stereocenters. The molecule has 23 heavy (non-hydrogen) atoms. The van der Waals surface area contributed by atoms with E-state index in [1.165, 1.54) is 5.56 Å². The van der Waals surface area contributed by atoms with Gasteiger partial charge in [0, 0.05) is 12.1 Å². The minimum atomic E-state index is 0.188. The largest absolute Gasteiger partial charge is 0.465 e. The molecule has 1 aliphatic heterocycles. The lowest BCUT2D eigenvalue weighted by molar-refractivity contribution is 0.256. The van der Waals surface area contributed by atoms with E-state index in [2.05, 4.69) is 43.5 Å². The molecular weight excluding hydrogens is 284 g/mol. The van der Waals surface area contributed by atoms with Gasteiger partial charge in [-0.1, -0.05) is 42.5 Å². The average molecular weight is 306 g/mol. The highest BCUT2D eigenvalue weighted by Gasteiger charge is 2.28. The Labute approximate surface area is 137 Å². The standard InChI is InChI=1S/C20H22N2O/c1-4-17-13-14-23-20(21-18-11-7-5-9-15(18)2)22(17)19-12-8-6-10-16(19)3/h4-12,17H,1,13-14H2,2-3H3. The molecule has 0 N–H and O–H groups in total. The van der Waals surface area contributed by atoms with E-state index in [0.29, 0.717) is 12.6 Å². The van der Waals surface area contributed by atoms with Gasteiger partial charge in [0.15, 0.2) is 0 Å². The fraction of sp³-hybridized carbons (Fsp3) is 0.250. The van der Waals surface area contributed by atoms with Crippen molar-refractivity contribution in [2.45, 2.75) is 26.3 Å². The van der Waals surface area contributed by atoms with Gasteiger partial charge in [-0.3, -0.25) is 4.90 Å². The first kappa shape index (κ1) is 15.3. The van der Waals surface area contributed by atoms with Crippen LogP contribution in [0.1, 0.15) is 17.5 Å². The maximum Gasteiger partial charge on any atom is 0.297 e. The topological polar surface area (TPSA) is 24.8 Å². The van der Waals surface area contributed by atoms with Gasteiger partial charge in [0.05, 0.1) is 18.3 Å². The molecule has 0 saturated carbocycles.